The molecule has 1 aliphatic rings. The van der Waals surface area contributed by atoms with Gasteiger partial charge >= 0.3 is 0 Å². The maximum atomic E-state index is 9.44. The lowest BCUT2D eigenvalue weighted by molar-refractivity contribution is 0.0718. The Morgan fingerprint density at radius 2 is 1.82 bits per heavy atom. The molecule has 0 bridgehead atoms. The lowest BCUT2D eigenvalue weighted by atomic mass is 9.84. The number of aliphatic hydroxyl groups is 4. The second-order valence-corrected chi connectivity index (χ2v) is 4.59. The molecule has 0 amide bonds. The second-order valence-electron chi connectivity index (χ2n) is 4.59. The lowest BCUT2D eigenvalue weighted by Gasteiger charge is -2.28. The minimum absolute atomic E-state index is 0.0702. The predicted octanol–water partition coefficient (Wildman–Crippen LogP) is -1.09. The van der Waals surface area contributed by atoms with Crippen molar-refractivity contribution in [3.05, 3.63) is 0 Å². The highest BCUT2D eigenvalue weighted by Crippen LogP contribution is 2.31. The van der Waals surface area contributed by atoms with Gasteiger partial charge in [0, 0.05) is 0 Å². The van der Waals surface area contributed by atoms with Crippen molar-refractivity contribution in [3.63, 3.8) is 0 Å². The highest BCUT2D eigenvalue weighted by molar-refractivity contribution is 5.85. The van der Waals surface area contributed by atoms with Crippen LogP contribution in [0.2, 0.25) is 0 Å². The zero-order chi connectivity index (χ0) is 12.9. The van der Waals surface area contributed by atoms with Gasteiger partial charge in [-0.25, -0.2) is 4.99 Å². The molecule has 0 fully saturated rings. The van der Waals surface area contributed by atoms with E-state index in [1.807, 2.05) is 6.92 Å². The van der Waals surface area contributed by atoms with Gasteiger partial charge in [-0.2, -0.15) is 0 Å². The van der Waals surface area contributed by atoms with Crippen molar-refractivity contribution in [3.8, 4) is 0 Å². The number of rotatable bonds is 7. The summed E-state index contributed by atoms with van der Waals surface area (Å²) in [7, 11) is 0. The van der Waals surface area contributed by atoms with Crippen LogP contribution in [0.25, 0.3) is 0 Å². The second kappa shape index (κ2) is 5.77. The first-order valence-corrected chi connectivity index (χ1v) is 5.78. The molecule has 0 aromatic heterocycles. The molecule has 1 aliphatic heterocycles. The van der Waals surface area contributed by atoms with Gasteiger partial charge in [0.05, 0.1) is 31.8 Å². The summed E-state index contributed by atoms with van der Waals surface area (Å²) in [5.74, 6) is 0.229. The summed E-state index contributed by atoms with van der Waals surface area (Å²) in [6.45, 7) is 0.798. The Morgan fingerprint density at radius 1 is 1.24 bits per heavy atom. The first-order chi connectivity index (χ1) is 8.12. The molecule has 0 aromatic rings. The summed E-state index contributed by atoms with van der Waals surface area (Å²) < 4.78 is 5.36. The van der Waals surface area contributed by atoms with Crippen LogP contribution in [0.3, 0.4) is 0 Å². The molecule has 0 radical (unpaired) electrons. The van der Waals surface area contributed by atoms with Gasteiger partial charge in [0.1, 0.15) is 12.1 Å². The van der Waals surface area contributed by atoms with Crippen LogP contribution in [0, 0.1) is 5.41 Å². The molecule has 0 saturated carbocycles. The average Bonchev–Trinajstić information content (AvgIpc) is 2.82. The number of hydrogen-bond acceptors (Lipinski definition) is 6. The van der Waals surface area contributed by atoms with Crippen LogP contribution in [-0.4, -0.2) is 64.9 Å². The van der Waals surface area contributed by atoms with E-state index in [9.17, 15) is 20.4 Å². The van der Waals surface area contributed by atoms with Crippen LogP contribution in [0.15, 0.2) is 4.99 Å². The molecule has 0 aliphatic carbocycles. The van der Waals surface area contributed by atoms with Crippen molar-refractivity contribution < 1.29 is 25.2 Å². The summed E-state index contributed by atoms with van der Waals surface area (Å²) in [6, 6.07) is 0. The van der Waals surface area contributed by atoms with Gasteiger partial charge in [-0.05, 0) is 6.42 Å². The van der Waals surface area contributed by atoms with Crippen LogP contribution in [-0.2, 0) is 4.74 Å². The number of nitrogens with zero attached hydrogens (tertiary/aromatic N) is 1. The third-order valence-electron chi connectivity index (χ3n) is 3.19. The number of aliphatic hydroxyl groups excluding tert-OH is 4. The standard InChI is InChI=1S/C11H21NO5/c1-2-3-10(4-13,5-14)9-12-11(6-15,7-16)8-17-9/h13-16H,2-8H2,1H3. The molecule has 6 heteroatoms. The SMILES string of the molecule is CCCC(CO)(CO)C1=NC(CO)(CO)CO1. The monoisotopic (exact) mass is 247 g/mol. The van der Waals surface area contributed by atoms with Crippen LogP contribution < -0.4 is 0 Å². The van der Waals surface area contributed by atoms with E-state index in [2.05, 4.69) is 4.99 Å². The van der Waals surface area contributed by atoms with Crippen molar-refractivity contribution in [1.29, 1.82) is 0 Å². The molecule has 0 aromatic carbocycles. The van der Waals surface area contributed by atoms with E-state index < -0.39 is 11.0 Å². The molecule has 0 saturated heterocycles. The van der Waals surface area contributed by atoms with E-state index in [0.717, 1.165) is 6.42 Å². The van der Waals surface area contributed by atoms with Crippen molar-refractivity contribution in [2.75, 3.05) is 33.0 Å². The minimum atomic E-state index is -1.04. The van der Waals surface area contributed by atoms with E-state index in [-0.39, 0.29) is 38.9 Å². The van der Waals surface area contributed by atoms with E-state index in [4.69, 9.17) is 4.74 Å². The van der Waals surface area contributed by atoms with Gasteiger partial charge in [-0.1, -0.05) is 13.3 Å². The summed E-state index contributed by atoms with van der Waals surface area (Å²) in [5, 5.41) is 37.3. The molecule has 1 rings (SSSR count). The van der Waals surface area contributed by atoms with Crippen LogP contribution >= 0.6 is 0 Å². The van der Waals surface area contributed by atoms with Gasteiger partial charge < -0.3 is 25.2 Å². The Bertz CT molecular complexity index is 271. The van der Waals surface area contributed by atoms with Crippen LogP contribution in [0.1, 0.15) is 19.8 Å². The molecule has 4 N–H and O–H groups in total. The third kappa shape index (κ3) is 2.60. The first kappa shape index (κ1) is 14.4. The number of aliphatic imine (C=N–C) groups is 1. The van der Waals surface area contributed by atoms with E-state index in [1.54, 1.807) is 0 Å². The molecule has 0 unspecified atom stereocenters. The minimum Gasteiger partial charge on any atom is -0.478 e. The van der Waals surface area contributed by atoms with Crippen LogP contribution in [0.5, 0.6) is 0 Å². The average molecular weight is 247 g/mol. The molecule has 1 heterocycles. The number of hydrogen-bond donors (Lipinski definition) is 4. The summed E-state index contributed by atoms with van der Waals surface area (Å²) in [4.78, 5) is 4.16. The van der Waals surface area contributed by atoms with Gasteiger partial charge in [-0.3, -0.25) is 0 Å². The van der Waals surface area contributed by atoms with Crippen molar-refractivity contribution >= 4 is 5.90 Å². The summed E-state index contributed by atoms with van der Waals surface area (Å²) in [5.41, 5.74) is -1.96. The fraction of sp³-hybridized carbons (Fsp3) is 0.909. The molecule has 100 valence electrons. The largest absolute Gasteiger partial charge is 0.478 e. The Morgan fingerprint density at radius 3 is 2.18 bits per heavy atom. The van der Waals surface area contributed by atoms with Gasteiger partial charge in [0.2, 0.25) is 0 Å². The van der Waals surface area contributed by atoms with Crippen molar-refractivity contribution in [2.24, 2.45) is 10.4 Å². The maximum Gasteiger partial charge on any atom is 0.195 e. The Kier molecular flexibility index (Phi) is 4.88. The summed E-state index contributed by atoms with van der Waals surface area (Å²) in [6.07, 6.45) is 1.29. The molecule has 0 atom stereocenters. The van der Waals surface area contributed by atoms with Crippen LogP contribution in [0.4, 0.5) is 0 Å². The normalized spacial score (nSPS) is 19.0. The smallest absolute Gasteiger partial charge is 0.195 e. The zero-order valence-electron chi connectivity index (χ0n) is 10.1. The fourth-order valence-electron chi connectivity index (χ4n) is 1.90. The number of ether oxygens (including phenoxy) is 1. The quantitative estimate of drug-likeness (QED) is 0.458. The van der Waals surface area contributed by atoms with Crippen molar-refractivity contribution in [2.45, 2.75) is 25.3 Å². The Balaban J connectivity index is 2.97. The topological polar surface area (TPSA) is 103 Å². The van der Waals surface area contributed by atoms with E-state index in [0.29, 0.717) is 6.42 Å². The fourth-order valence-corrected chi connectivity index (χ4v) is 1.90. The third-order valence-corrected chi connectivity index (χ3v) is 3.19. The predicted molar refractivity (Wildman–Crippen MR) is 61.8 cm³/mol. The summed E-state index contributed by atoms with van der Waals surface area (Å²) >= 11 is 0. The molecule has 17 heavy (non-hydrogen) atoms. The van der Waals surface area contributed by atoms with E-state index in [1.165, 1.54) is 0 Å². The van der Waals surface area contributed by atoms with Gasteiger partial charge in [0.25, 0.3) is 0 Å². The van der Waals surface area contributed by atoms with Gasteiger partial charge in [-0.15, -0.1) is 0 Å². The first-order valence-electron chi connectivity index (χ1n) is 5.78. The Hall–Kier alpha value is -0.690. The maximum absolute atomic E-state index is 9.44. The Labute approximate surface area is 101 Å². The molecular formula is C11H21NO5. The highest BCUT2D eigenvalue weighted by Gasteiger charge is 2.44. The molecular weight excluding hydrogens is 226 g/mol. The van der Waals surface area contributed by atoms with Gasteiger partial charge in [0.15, 0.2) is 5.90 Å². The van der Waals surface area contributed by atoms with E-state index >= 15 is 0 Å². The molecule has 6 nitrogen and oxygen atoms in total. The highest BCUT2D eigenvalue weighted by atomic mass is 16.5. The zero-order valence-corrected chi connectivity index (χ0v) is 10.1. The molecule has 0 spiro atoms. The lowest BCUT2D eigenvalue weighted by Crippen LogP contribution is -2.39. The van der Waals surface area contributed by atoms with Crippen molar-refractivity contribution in [1.82, 2.24) is 0 Å².